The van der Waals surface area contributed by atoms with Crippen molar-refractivity contribution in [1.29, 1.82) is 0 Å². The molecular formula is C19H21F3N4O2. The second-order valence-electron chi connectivity index (χ2n) is 6.13. The van der Waals surface area contributed by atoms with E-state index in [9.17, 15) is 18.0 Å². The maximum atomic E-state index is 13.5. The van der Waals surface area contributed by atoms with Gasteiger partial charge in [-0.15, -0.1) is 0 Å². The first-order valence-corrected chi connectivity index (χ1v) is 8.38. The molecule has 6 nitrogen and oxygen atoms in total. The summed E-state index contributed by atoms with van der Waals surface area (Å²) in [7, 11) is 2.79. The predicted molar refractivity (Wildman–Crippen MR) is 99.6 cm³/mol. The number of nitrogens with one attached hydrogen (secondary N) is 1. The molecule has 1 aromatic carbocycles. The smallest absolute Gasteiger partial charge is 0.282 e. The summed E-state index contributed by atoms with van der Waals surface area (Å²) in [5.41, 5.74) is 1.39. The largest absolute Gasteiger partial charge is 0.483 e. The van der Waals surface area contributed by atoms with E-state index in [0.717, 1.165) is 16.3 Å². The van der Waals surface area contributed by atoms with Crippen LogP contribution in [-0.2, 0) is 11.8 Å². The third kappa shape index (κ3) is 5.21. The summed E-state index contributed by atoms with van der Waals surface area (Å²) in [6.07, 6.45) is -2.77. The molecule has 9 heteroatoms. The normalized spacial score (nSPS) is 11.5. The van der Waals surface area contributed by atoms with Crippen molar-refractivity contribution in [1.82, 2.24) is 15.1 Å². The number of nitrogens with zero attached hydrogens (tertiary/aromatic N) is 3. The van der Waals surface area contributed by atoms with Crippen molar-refractivity contribution in [2.24, 2.45) is 12.0 Å². The molecule has 0 bridgehead atoms. The standard InChI is InChI=1S/C19H21F3N4O2/c1-11(2)17(12-6-5-7-13(20)8-12)24-16(28-4)10-23-19(27)15-9-14(18(21)22)25-26(15)3/h5-9,18H,10H2,1-4H3,(H,23,27). The van der Waals surface area contributed by atoms with Crippen LogP contribution in [0.5, 0.6) is 0 Å². The van der Waals surface area contributed by atoms with Crippen LogP contribution >= 0.6 is 0 Å². The summed E-state index contributed by atoms with van der Waals surface area (Å²) in [6, 6.07) is 6.98. The summed E-state index contributed by atoms with van der Waals surface area (Å²) < 4.78 is 45.3. The molecule has 0 unspecified atom stereocenters. The molecule has 1 heterocycles. The van der Waals surface area contributed by atoms with Crippen LogP contribution in [0, 0.1) is 5.82 Å². The Kier molecular flexibility index (Phi) is 6.97. The first-order valence-electron chi connectivity index (χ1n) is 8.38. The molecule has 0 radical (unpaired) electrons. The zero-order valence-corrected chi connectivity index (χ0v) is 16.0. The third-order valence-electron chi connectivity index (χ3n) is 3.80. The maximum Gasteiger partial charge on any atom is 0.282 e. The van der Waals surface area contributed by atoms with Crippen molar-refractivity contribution >= 4 is 17.5 Å². The van der Waals surface area contributed by atoms with Crippen LogP contribution in [0.2, 0.25) is 0 Å². The van der Waals surface area contributed by atoms with Crippen LogP contribution in [0.3, 0.4) is 0 Å². The highest BCUT2D eigenvalue weighted by Gasteiger charge is 2.19. The van der Waals surface area contributed by atoms with Gasteiger partial charge < -0.3 is 10.1 Å². The van der Waals surface area contributed by atoms with Crippen LogP contribution in [0.1, 0.15) is 42.0 Å². The lowest BCUT2D eigenvalue weighted by Gasteiger charge is -2.11. The summed E-state index contributed by atoms with van der Waals surface area (Å²) in [5, 5.41) is 6.15. The van der Waals surface area contributed by atoms with Crippen molar-refractivity contribution in [3.05, 3.63) is 58.7 Å². The molecule has 0 aliphatic rings. The van der Waals surface area contributed by atoms with Gasteiger partial charge in [-0.3, -0.25) is 9.48 Å². The number of halogens is 3. The molecular weight excluding hydrogens is 373 g/mol. The number of aryl methyl sites for hydroxylation is 1. The SMILES string of the molecule is COC(CNC(=O)c1cc(C(F)F)nn1C)=NC(=C(C)C)c1cccc(F)c1. The number of carbonyl (C=O) groups excluding carboxylic acids is 1. The Morgan fingerprint density at radius 2 is 2.04 bits per heavy atom. The lowest BCUT2D eigenvalue weighted by atomic mass is 10.1. The van der Waals surface area contributed by atoms with E-state index in [4.69, 9.17) is 4.74 Å². The van der Waals surface area contributed by atoms with E-state index in [1.807, 2.05) is 13.8 Å². The van der Waals surface area contributed by atoms with Crippen LogP contribution in [0.25, 0.3) is 5.70 Å². The van der Waals surface area contributed by atoms with Gasteiger partial charge in [0, 0.05) is 12.6 Å². The maximum absolute atomic E-state index is 13.5. The van der Waals surface area contributed by atoms with Crippen LogP contribution in [-0.4, -0.2) is 35.2 Å². The molecule has 2 aromatic rings. The molecule has 1 aromatic heterocycles. The van der Waals surface area contributed by atoms with Crippen LogP contribution in [0.15, 0.2) is 40.9 Å². The number of carbonyl (C=O) groups is 1. The number of hydrogen-bond donors (Lipinski definition) is 1. The lowest BCUT2D eigenvalue weighted by Crippen LogP contribution is -2.31. The predicted octanol–water partition coefficient (Wildman–Crippen LogP) is 3.72. The second kappa shape index (κ2) is 9.20. The molecule has 0 saturated heterocycles. The van der Waals surface area contributed by atoms with Crippen molar-refractivity contribution < 1.29 is 22.7 Å². The topological polar surface area (TPSA) is 68.5 Å². The number of allylic oxidation sites excluding steroid dienone is 1. The monoisotopic (exact) mass is 394 g/mol. The zero-order valence-electron chi connectivity index (χ0n) is 16.0. The van der Waals surface area contributed by atoms with E-state index in [1.165, 1.54) is 26.3 Å². The fraction of sp³-hybridized carbons (Fsp3) is 0.316. The number of rotatable bonds is 6. The Balaban J connectivity index is 2.18. The quantitative estimate of drug-likeness (QED) is 0.600. The minimum Gasteiger partial charge on any atom is -0.483 e. The van der Waals surface area contributed by atoms with E-state index in [1.54, 1.807) is 12.1 Å². The average Bonchev–Trinajstić information content (AvgIpc) is 3.03. The number of aliphatic imine (C=N–C) groups is 1. The van der Waals surface area contributed by atoms with Gasteiger partial charge in [-0.2, -0.15) is 5.10 Å². The van der Waals surface area contributed by atoms with Gasteiger partial charge in [0.05, 0.1) is 19.4 Å². The molecule has 0 fully saturated rings. The first kappa shape index (κ1) is 21.2. The highest BCUT2D eigenvalue weighted by atomic mass is 19.3. The number of methoxy groups -OCH3 is 1. The average molecular weight is 394 g/mol. The number of ether oxygens (including phenoxy) is 1. The van der Waals surface area contributed by atoms with Crippen molar-refractivity contribution in [3.63, 3.8) is 0 Å². The molecule has 150 valence electrons. The van der Waals surface area contributed by atoms with Crippen molar-refractivity contribution in [3.8, 4) is 0 Å². The molecule has 0 spiro atoms. The number of aromatic nitrogens is 2. The Morgan fingerprint density at radius 3 is 2.57 bits per heavy atom. The number of benzene rings is 1. The minimum atomic E-state index is -2.77. The van der Waals surface area contributed by atoms with Gasteiger partial charge in [-0.1, -0.05) is 12.1 Å². The molecule has 0 atom stereocenters. The van der Waals surface area contributed by atoms with E-state index < -0.39 is 23.8 Å². The van der Waals surface area contributed by atoms with Gasteiger partial charge in [-0.25, -0.2) is 18.2 Å². The van der Waals surface area contributed by atoms with Crippen LogP contribution < -0.4 is 5.32 Å². The van der Waals surface area contributed by atoms with Gasteiger partial charge in [-0.05, 0) is 37.6 Å². The molecule has 1 N–H and O–H groups in total. The van der Waals surface area contributed by atoms with E-state index in [2.05, 4.69) is 15.4 Å². The first-order chi connectivity index (χ1) is 13.2. The highest BCUT2D eigenvalue weighted by molar-refractivity contribution is 5.96. The van der Waals surface area contributed by atoms with Gasteiger partial charge >= 0.3 is 0 Å². The summed E-state index contributed by atoms with van der Waals surface area (Å²) in [6.45, 7) is 3.55. The lowest BCUT2D eigenvalue weighted by molar-refractivity contribution is 0.0948. The molecule has 0 aliphatic carbocycles. The Morgan fingerprint density at radius 1 is 1.32 bits per heavy atom. The molecule has 0 aliphatic heterocycles. The molecule has 1 amide bonds. The number of amides is 1. The minimum absolute atomic E-state index is 0.0154. The number of hydrogen-bond acceptors (Lipinski definition) is 4. The van der Waals surface area contributed by atoms with Gasteiger partial charge in [0.2, 0.25) is 5.90 Å². The number of alkyl halides is 2. The summed E-state index contributed by atoms with van der Waals surface area (Å²) in [5.74, 6) is -0.828. The van der Waals surface area contributed by atoms with Crippen LogP contribution in [0.4, 0.5) is 13.2 Å². The van der Waals surface area contributed by atoms with Crippen molar-refractivity contribution in [2.45, 2.75) is 20.3 Å². The second-order valence-corrected chi connectivity index (χ2v) is 6.13. The Hall–Kier alpha value is -3.10. The Bertz CT molecular complexity index is 916. The fourth-order valence-corrected chi connectivity index (χ4v) is 2.44. The fourth-order valence-electron chi connectivity index (χ4n) is 2.44. The molecule has 28 heavy (non-hydrogen) atoms. The van der Waals surface area contributed by atoms with E-state index in [0.29, 0.717) is 11.3 Å². The summed E-state index contributed by atoms with van der Waals surface area (Å²) in [4.78, 5) is 16.6. The molecule has 0 saturated carbocycles. The Labute approximate surface area is 160 Å². The van der Waals surface area contributed by atoms with Gasteiger partial charge in [0.15, 0.2) is 0 Å². The van der Waals surface area contributed by atoms with E-state index >= 15 is 0 Å². The molecule has 2 rings (SSSR count). The third-order valence-corrected chi connectivity index (χ3v) is 3.80. The van der Waals surface area contributed by atoms with Crippen molar-refractivity contribution in [2.75, 3.05) is 13.7 Å². The highest BCUT2D eigenvalue weighted by Crippen LogP contribution is 2.21. The van der Waals surface area contributed by atoms with E-state index in [-0.39, 0.29) is 18.1 Å². The van der Waals surface area contributed by atoms with Gasteiger partial charge in [0.25, 0.3) is 12.3 Å². The van der Waals surface area contributed by atoms with Gasteiger partial charge in [0.1, 0.15) is 17.2 Å². The zero-order chi connectivity index (χ0) is 20.8. The summed E-state index contributed by atoms with van der Waals surface area (Å²) >= 11 is 0.